The summed E-state index contributed by atoms with van der Waals surface area (Å²) in [6, 6.07) is 21.9. The van der Waals surface area contributed by atoms with E-state index in [2.05, 4.69) is 10.5 Å². The van der Waals surface area contributed by atoms with Crippen molar-refractivity contribution in [2.45, 2.75) is 11.8 Å². The minimum Gasteiger partial charge on any atom is -0.493 e. The quantitative estimate of drug-likeness (QED) is 0.384. The fraction of sp³-hybridized carbons (Fsp3) is 0.167. The zero-order valence-corrected chi connectivity index (χ0v) is 19.4. The van der Waals surface area contributed by atoms with Crippen LogP contribution in [0.4, 0.5) is 5.69 Å². The molecule has 33 heavy (non-hydrogen) atoms. The monoisotopic (exact) mass is 467 g/mol. The van der Waals surface area contributed by atoms with Gasteiger partial charge in [-0.2, -0.15) is 5.10 Å². The third-order valence-electron chi connectivity index (χ3n) is 4.81. The maximum absolute atomic E-state index is 13.4. The molecule has 0 bridgehead atoms. The molecule has 0 atom stereocenters. The van der Waals surface area contributed by atoms with Gasteiger partial charge in [-0.3, -0.25) is 9.10 Å². The lowest BCUT2D eigenvalue weighted by molar-refractivity contribution is -0.119. The highest BCUT2D eigenvalue weighted by Crippen LogP contribution is 2.33. The van der Waals surface area contributed by atoms with Gasteiger partial charge in [0.1, 0.15) is 6.54 Å². The second kappa shape index (κ2) is 10.6. The van der Waals surface area contributed by atoms with Crippen LogP contribution in [0.3, 0.4) is 0 Å². The first kappa shape index (κ1) is 23.8. The average Bonchev–Trinajstić information content (AvgIpc) is 2.86. The molecular formula is C24H25N3O5S. The Balaban J connectivity index is 1.93. The number of methoxy groups -OCH3 is 2. The van der Waals surface area contributed by atoms with Crippen molar-refractivity contribution in [2.75, 3.05) is 25.1 Å². The Kier molecular flexibility index (Phi) is 7.68. The van der Waals surface area contributed by atoms with E-state index < -0.39 is 22.5 Å². The molecule has 1 N–H and O–H groups in total. The number of rotatable bonds is 9. The first-order chi connectivity index (χ1) is 15.9. The molecule has 0 saturated heterocycles. The van der Waals surface area contributed by atoms with Crippen LogP contribution < -0.4 is 19.2 Å². The first-order valence-electron chi connectivity index (χ1n) is 10.0. The normalized spacial score (nSPS) is 11.5. The van der Waals surface area contributed by atoms with Gasteiger partial charge in [-0.1, -0.05) is 48.5 Å². The minimum atomic E-state index is -4.06. The fourth-order valence-electron chi connectivity index (χ4n) is 3.07. The Labute approximate surface area is 193 Å². The summed E-state index contributed by atoms with van der Waals surface area (Å²) in [5, 5.41) is 4.11. The largest absolute Gasteiger partial charge is 0.493 e. The van der Waals surface area contributed by atoms with Crippen LogP contribution in [0.25, 0.3) is 0 Å². The lowest BCUT2D eigenvalue weighted by Gasteiger charge is -2.24. The van der Waals surface area contributed by atoms with Crippen LogP contribution in [-0.2, 0) is 14.8 Å². The zero-order valence-electron chi connectivity index (χ0n) is 18.6. The number of nitrogens with one attached hydrogen (secondary N) is 1. The van der Waals surface area contributed by atoms with Gasteiger partial charge in [-0.25, -0.2) is 13.8 Å². The van der Waals surface area contributed by atoms with E-state index >= 15 is 0 Å². The summed E-state index contributed by atoms with van der Waals surface area (Å²) in [6.45, 7) is 1.26. The van der Waals surface area contributed by atoms with E-state index in [1.165, 1.54) is 32.4 Å². The standard InChI is InChI=1S/C24H25N3O5S/c1-18(19-10-6-4-7-11-19)25-26-24(28)17-27(33(29,30)21-12-8-5-9-13-21)20-14-15-22(31-2)23(16-20)32-3/h4-16H,17H2,1-3H3,(H,26,28)/b25-18-. The number of hydrazone groups is 1. The average molecular weight is 468 g/mol. The smallest absolute Gasteiger partial charge is 0.264 e. The zero-order chi connectivity index (χ0) is 23.8. The van der Waals surface area contributed by atoms with Crippen LogP contribution in [0.5, 0.6) is 11.5 Å². The molecule has 0 fully saturated rings. The molecule has 1 amide bonds. The molecule has 172 valence electrons. The highest BCUT2D eigenvalue weighted by Gasteiger charge is 2.28. The number of hydrogen-bond acceptors (Lipinski definition) is 6. The summed E-state index contributed by atoms with van der Waals surface area (Å²) >= 11 is 0. The molecule has 8 nitrogen and oxygen atoms in total. The molecule has 0 heterocycles. The number of amides is 1. The van der Waals surface area contributed by atoms with Crippen LogP contribution >= 0.6 is 0 Å². The van der Waals surface area contributed by atoms with Gasteiger partial charge in [0.2, 0.25) is 0 Å². The molecule has 0 spiro atoms. The van der Waals surface area contributed by atoms with Crippen molar-refractivity contribution < 1.29 is 22.7 Å². The van der Waals surface area contributed by atoms with E-state index in [1.54, 1.807) is 37.3 Å². The molecule has 0 aliphatic carbocycles. The Morgan fingerprint density at radius 3 is 2.12 bits per heavy atom. The molecule has 0 unspecified atom stereocenters. The van der Waals surface area contributed by atoms with Crippen molar-refractivity contribution in [3.63, 3.8) is 0 Å². The second-order valence-electron chi connectivity index (χ2n) is 6.96. The number of sulfonamides is 1. The summed E-state index contributed by atoms with van der Waals surface area (Å²) in [4.78, 5) is 12.8. The topological polar surface area (TPSA) is 97.3 Å². The number of carbonyl (C=O) groups is 1. The van der Waals surface area contributed by atoms with E-state index in [0.29, 0.717) is 17.2 Å². The number of benzene rings is 3. The number of carbonyl (C=O) groups excluding carboxylic acids is 1. The van der Waals surface area contributed by atoms with Crippen molar-refractivity contribution in [2.24, 2.45) is 5.10 Å². The van der Waals surface area contributed by atoms with Gasteiger partial charge in [-0.05, 0) is 36.8 Å². The molecule has 0 radical (unpaired) electrons. The lowest BCUT2D eigenvalue weighted by atomic mass is 10.1. The molecule has 3 aromatic carbocycles. The van der Waals surface area contributed by atoms with Gasteiger partial charge in [0.25, 0.3) is 15.9 Å². The minimum absolute atomic E-state index is 0.0524. The fourth-order valence-corrected chi connectivity index (χ4v) is 4.50. The first-order valence-corrected chi connectivity index (χ1v) is 11.5. The maximum Gasteiger partial charge on any atom is 0.264 e. The van der Waals surface area contributed by atoms with Gasteiger partial charge >= 0.3 is 0 Å². The summed E-state index contributed by atoms with van der Waals surface area (Å²) in [5.74, 6) is 0.173. The maximum atomic E-state index is 13.4. The van der Waals surface area contributed by atoms with Crippen molar-refractivity contribution >= 4 is 27.3 Å². The molecule has 3 aromatic rings. The van der Waals surface area contributed by atoms with Crippen molar-refractivity contribution in [1.29, 1.82) is 0 Å². The number of hydrogen-bond donors (Lipinski definition) is 1. The van der Waals surface area contributed by atoms with Crippen LogP contribution in [0.15, 0.2) is 88.9 Å². The van der Waals surface area contributed by atoms with E-state index in [1.807, 2.05) is 30.3 Å². The predicted molar refractivity (Wildman–Crippen MR) is 127 cm³/mol. The third-order valence-corrected chi connectivity index (χ3v) is 6.60. The van der Waals surface area contributed by atoms with Crippen molar-refractivity contribution in [3.05, 3.63) is 84.4 Å². The molecule has 3 rings (SSSR count). The van der Waals surface area contributed by atoms with E-state index in [4.69, 9.17) is 9.47 Å². The van der Waals surface area contributed by atoms with Crippen LogP contribution in [0.2, 0.25) is 0 Å². The van der Waals surface area contributed by atoms with Gasteiger partial charge < -0.3 is 9.47 Å². The Morgan fingerprint density at radius 2 is 1.52 bits per heavy atom. The third kappa shape index (κ3) is 5.69. The summed E-state index contributed by atoms with van der Waals surface area (Å²) in [6.07, 6.45) is 0. The van der Waals surface area contributed by atoms with Crippen LogP contribution in [0, 0.1) is 0 Å². The SMILES string of the molecule is COc1ccc(N(CC(=O)N/N=C(/C)c2ccccc2)S(=O)(=O)c2ccccc2)cc1OC. The van der Waals surface area contributed by atoms with Gasteiger partial charge in [0.05, 0.1) is 30.5 Å². The highest BCUT2D eigenvalue weighted by atomic mass is 32.2. The lowest BCUT2D eigenvalue weighted by Crippen LogP contribution is -2.39. The van der Waals surface area contributed by atoms with Gasteiger partial charge in [0.15, 0.2) is 11.5 Å². The van der Waals surface area contributed by atoms with Crippen LogP contribution in [-0.4, -0.2) is 40.8 Å². The Morgan fingerprint density at radius 1 is 0.909 bits per heavy atom. The molecular weight excluding hydrogens is 442 g/mol. The molecule has 9 heteroatoms. The predicted octanol–water partition coefficient (Wildman–Crippen LogP) is 3.44. The number of nitrogens with zero attached hydrogens (tertiary/aromatic N) is 2. The molecule has 0 aliphatic rings. The molecule has 0 aromatic heterocycles. The highest BCUT2D eigenvalue weighted by molar-refractivity contribution is 7.92. The summed E-state index contributed by atoms with van der Waals surface area (Å²) in [7, 11) is -1.12. The Bertz CT molecular complexity index is 1230. The van der Waals surface area contributed by atoms with E-state index in [9.17, 15) is 13.2 Å². The second-order valence-corrected chi connectivity index (χ2v) is 8.82. The Hall–Kier alpha value is -3.85. The number of anilines is 1. The van der Waals surface area contributed by atoms with Gasteiger partial charge in [0, 0.05) is 6.07 Å². The summed E-state index contributed by atoms with van der Waals surface area (Å²) in [5.41, 5.74) is 4.12. The number of ether oxygens (including phenoxy) is 2. The van der Waals surface area contributed by atoms with Crippen LogP contribution in [0.1, 0.15) is 12.5 Å². The molecule has 0 aliphatic heterocycles. The van der Waals surface area contributed by atoms with Crippen molar-refractivity contribution in [1.82, 2.24) is 5.43 Å². The summed E-state index contributed by atoms with van der Waals surface area (Å²) < 4.78 is 38.4. The van der Waals surface area contributed by atoms with E-state index in [-0.39, 0.29) is 10.6 Å². The van der Waals surface area contributed by atoms with E-state index in [0.717, 1.165) is 9.87 Å². The van der Waals surface area contributed by atoms with Gasteiger partial charge in [-0.15, -0.1) is 0 Å². The molecule has 0 saturated carbocycles. The van der Waals surface area contributed by atoms with Crippen molar-refractivity contribution in [3.8, 4) is 11.5 Å².